The van der Waals surface area contributed by atoms with Crippen molar-refractivity contribution in [1.29, 1.82) is 0 Å². The van der Waals surface area contributed by atoms with Crippen LogP contribution in [0.1, 0.15) is 11.1 Å². The largest absolute Gasteiger partial charge is 0.434 e. The Bertz CT molecular complexity index is 637. The van der Waals surface area contributed by atoms with Gasteiger partial charge in [0.1, 0.15) is 5.10 Å². The summed E-state index contributed by atoms with van der Waals surface area (Å²) < 4.78 is 1.46. The molecule has 7 nitrogen and oxygen atoms in total. The van der Waals surface area contributed by atoms with Crippen LogP contribution in [-0.4, -0.2) is 26.5 Å². The zero-order valence-electron chi connectivity index (χ0n) is 10.5. The Hall–Kier alpha value is -2.44. The van der Waals surface area contributed by atoms with Gasteiger partial charge in [0.2, 0.25) is 5.82 Å². The van der Waals surface area contributed by atoms with E-state index in [0.29, 0.717) is 12.4 Å². The Kier molecular flexibility index (Phi) is 2.66. The molecule has 0 atom stereocenters. The van der Waals surface area contributed by atoms with Gasteiger partial charge in [0, 0.05) is 20.1 Å². The number of hydrogen-bond donors (Lipinski definition) is 0. The van der Waals surface area contributed by atoms with Gasteiger partial charge in [-0.15, -0.1) is 0 Å². The highest BCUT2D eigenvalue weighted by atomic mass is 16.6. The van der Waals surface area contributed by atoms with Crippen molar-refractivity contribution in [1.82, 2.24) is 15.0 Å². The molecular formula is C12H13N5O2. The minimum Gasteiger partial charge on any atom is -0.358 e. The number of nitrogens with zero attached hydrogens (tertiary/aromatic N) is 5. The van der Waals surface area contributed by atoms with E-state index in [1.807, 2.05) is 17.0 Å². The van der Waals surface area contributed by atoms with Crippen LogP contribution in [0.5, 0.6) is 0 Å². The number of aromatic nitrogens is 3. The number of nitro groups is 1. The van der Waals surface area contributed by atoms with Gasteiger partial charge in [-0.25, -0.2) is 4.68 Å². The molecule has 7 heteroatoms. The molecular weight excluding hydrogens is 246 g/mol. The van der Waals surface area contributed by atoms with Crippen LogP contribution in [0.2, 0.25) is 0 Å². The van der Waals surface area contributed by atoms with Crippen molar-refractivity contribution >= 4 is 11.6 Å². The lowest BCUT2D eigenvalue weighted by Gasteiger charge is -2.29. The Morgan fingerprint density at radius 2 is 2.05 bits per heavy atom. The number of aryl methyl sites for hydroxylation is 1. The Labute approximate surface area is 109 Å². The number of anilines is 1. The summed E-state index contributed by atoms with van der Waals surface area (Å²) in [5.41, 5.74) is 2.50. The van der Waals surface area contributed by atoms with Crippen LogP contribution in [-0.2, 0) is 20.0 Å². The first-order valence-electron chi connectivity index (χ1n) is 6.02. The van der Waals surface area contributed by atoms with Gasteiger partial charge in [-0.3, -0.25) is 0 Å². The maximum atomic E-state index is 11.0. The molecule has 0 saturated heterocycles. The first-order chi connectivity index (χ1) is 9.16. The summed E-state index contributed by atoms with van der Waals surface area (Å²) in [5.74, 6) is 0.293. The molecule has 1 aromatic heterocycles. The topological polar surface area (TPSA) is 77.1 Å². The van der Waals surface area contributed by atoms with Crippen molar-refractivity contribution in [2.75, 3.05) is 11.4 Å². The first kappa shape index (κ1) is 11.6. The van der Waals surface area contributed by atoms with Crippen LogP contribution < -0.4 is 4.90 Å². The second-order valence-corrected chi connectivity index (χ2v) is 4.56. The van der Waals surface area contributed by atoms with Crippen LogP contribution in [0.25, 0.3) is 0 Å². The van der Waals surface area contributed by atoms with Gasteiger partial charge < -0.3 is 15.0 Å². The molecule has 0 radical (unpaired) electrons. The van der Waals surface area contributed by atoms with E-state index in [2.05, 4.69) is 22.4 Å². The fourth-order valence-electron chi connectivity index (χ4n) is 2.48. The van der Waals surface area contributed by atoms with E-state index in [1.165, 1.54) is 15.8 Å². The minimum absolute atomic E-state index is 0.179. The molecule has 0 N–H and O–H groups in total. The molecule has 1 aromatic carbocycles. The third kappa shape index (κ3) is 1.92. The van der Waals surface area contributed by atoms with Gasteiger partial charge in [0.05, 0.1) is 5.21 Å². The fraction of sp³-hybridized carbons (Fsp3) is 0.333. The quantitative estimate of drug-likeness (QED) is 0.600. The normalized spacial score (nSPS) is 14.3. The molecule has 3 rings (SSSR count). The van der Waals surface area contributed by atoms with Crippen LogP contribution >= 0.6 is 0 Å². The van der Waals surface area contributed by atoms with E-state index >= 15 is 0 Å². The second-order valence-electron chi connectivity index (χ2n) is 4.56. The zero-order valence-corrected chi connectivity index (χ0v) is 10.5. The van der Waals surface area contributed by atoms with E-state index in [-0.39, 0.29) is 5.82 Å². The molecule has 0 spiro atoms. The van der Waals surface area contributed by atoms with E-state index in [9.17, 15) is 10.1 Å². The van der Waals surface area contributed by atoms with Crippen molar-refractivity contribution < 1.29 is 4.92 Å². The highest BCUT2D eigenvalue weighted by Crippen LogP contribution is 2.29. The second kappa shape index (κ2) is 4.34. The lowest BCUT2D eigenvalue weighted by Crippen LogP contribution is -2.32. The molecule has 0 bridgehead atoms. The Morgan fingerprint density at radius 3 is 2.79 bits per heavy atom. The number of benzene rings is 1. The van der Waals surface area contributed by atoms with Gasteiger partial charge in [-0.05, 0) is 22.5 Å². The lowest BCUT2D eigenvalue weighted by atomic mass is 10.00. The van der Waals surface area contributed by atoms with Crippen molar-refractivity contribution in [2.45, 2.75) is 13.0 Å². The van der Waals surface area contributed by atoms with Gasteiger partial charge in [-0.2, -0.15) is 0 Å². The predicted octanol–water partition coefficient (Wildman–Crippen LogP) is 1.29. The lowest BCUT2D eigenvalue weighted by molar-refractivity contribution is -0.388. The molecule has 1 aliphatic rings. The van der Waals surface area contributed by atoms with Gasteiger partial charge >= 0.3 is 5.82 Å². The smallest absolute Gasteiger partial charge is 0.358 e. The summed E-state index contributed by atoms with van der Waals surface area (Å²) in [6, 6.07) is 8.15. The highest BCUT2D eigenvalue weighted by molar-refractivity contribution is 5.55. The van der Waals surface area contributed by atoms with Crippen LogP contribution in [0, 0.1) is 10.1 Å². The average Bonchev–Trinajstić information content (AvgIpc) is 2.80. The summed E-state index contributed by atoms with van der Waals surface area (Å²) in [6.07, 6.45) is 0.874. The molecule has 98 valence electrons. The number of rotatable bonds is 2. The summed E-state index contributed by atoms with van der Waals surface area (Å²) in [7, 11) is 1.68. The zero-order chi connectivity index (χ0) is 13.4. The van der Waals surface area contributed by atoms with Gasteiger partial charge in [0.25, 0.3) is 0 Å². The van der Waals surface area contributed by atoms with E-state index in [0.717, 1.165) is 13.0 Å². The maximum Gasteiger partial charge on any atom is 0.434 e. The van der Waals surface area contributed by atoms with Crippen molar-refractivity contribution in [3.05, 3.63) is 45.5 Å². The Morgan fingerprint density at radius 1 is 1.32 bits per heavy atom. The molecule has 2 heterocycles. The molecule has 2 aromatic rings. The number of hydrogen-bond acceptors (Lipinski definition) is 5. The van der Waals surface area contributed by atoms with Gasteiger partial charge in [0.15, 0.2) is 0 Å². The van der Waals surface area contributed by atoms with E-state index in [4.69, 9.17) is 0 Å². The van der Waals surface area contributed by atoms with E-state index < -0.39 is 4.92 Å². The summed E-state index contributed by atoms with van der Waals surface area (Å²) in [6.45, 7) is 1.39. The molecule has 0 unspecified atom stereocenters. The Balaban J connectivity index is 1.97. The van der Waals surface area contributed by atoms with Crippen molar-refractivity contribution in [3.63, 3.8) is 0 Å². The monoisotopic (exact) mass is 259 g/mol. The third-order valence-corrected chi connectivity index (χ3v) is 3.38. The van der Waals surface area contributed by atoms with Crippen LogP contribution in [0.15, 0.2) is 24.3 Å². The molecule has 19 heavy (non-hydrogen) atoms. The summed E-state index contributed by atoms with van der Waals surface area (Å²) in [5, 5.41) is 18.4. The van der Waals surface area contributed by atoms with Crippen molar-refractivity contribution in [3.8, 4) is 0 Å². The minimum atomic E-state index is -0.483. The summed E-state index contributed by atoms with van der Waals surface area (Å²) >= 11 is 0. The summed E-state index contributed by atoms with van der Waals surface area (Å²) in [4.78, 5) is 12.5. The van der Waals surface area contributed by atoms with Crippen molar-refractivity contribution in [2.24, 2.45) is 7.05 Å². The average molecular weight is 259 g/mol. The van der Waals surface area contributed by atoms with E-state index in [1.54, 1.807) is 7.05 Å². The van der Waals surface area contributed by atoms with Crippen LogP contribution in [0.4, 0.5) is 11.6 Å². The number of fused-ring (bicyclic) bond motifs is 1. The standard InChI is InChI=1S/C12H13N5O2/c1-15-12(11(13-14-15)17(18)19)16-7-6-9-4-2-3-5-10(9)8-16/h2-5H,6-8H2,1H3. The fourth-order valence-corrected chi connectivity index (χ4v) is 2.48. The van der Waals surface area contributed by atoms with Crippen LogP contribution in [0.3, 0.4) is 0 Å². The first-order valence-corrected chi connectivity index (χ1v) is 6.02. The molecule has 0 aliphatic carbocycles. The molecule has 1 aliphatic heterocycles. The molecule has 0 amide bonds. The highest BCUT2D eigenvalue weighted by Gasteiger charge is 2.29. The molecule has 0 fully saturated rings. The maximum absolute atomic E-state index is 11.0. The predicted molar refractivity (Wildman–Crippen MR) is 68.9 cm³/mol. The van der Waals surface area contributed by atoms with Gasteiger partial charge in [-0.1, -0.05) is 24.3 Å². The SMILES string of the molecule is Cn1nnc([N+](=O)[O-])c1N1CCc2ccccc2C1. The third-order valence-electron chi connectivity index (χ3n) is 3.38. The molecule has 0 saturated carbocycles.